The number of urea groups is 1. The minimum absolute atomic E-state index is 0.213. The summed E-state index contributed by atoms with van der Waals surface area (Å²) >= 11 is 0. The predicted octanol–water partition coefficient (Wildman–Crippen LogP) is 2.72. The topological polar surface area (TPSA) is 78.5 Å². The van der Waals surface area contributed by atoms with Crippen LogP contribution in [0.3, 0.4) is 0 Å². The molecule has 2 atom stereocenters. The van der Waals surface area contributed by atoms with E-state index in [1.807, 2.05) is 0 Å². The van der Waals surface area contributed by atoms with Gasteiger partial charge in [0.05, 0.1) is 6.04 Å². The van der Waals surface area contributed by atoms with Gasteiger partial charge in [-0.05, 0) is 18.4 Å². The van der Waals surface area contributed by atoms with Crippen molar-refractivity contribution in [3.05, 3.63) is 35.9 Å². The molecule has 1 aromatic carbocycles. The van der Waals surface area contributed by atoms with E-state index < -0.39 is 35.7 Å². The molecule has 4 amide bonds. The van der Waals surface area contributed by atoms with Crippen LogP contribution in [0.5, 0.6) is 0 Å². The van der Waals surface area contributed by atoms with Crippen LogP contribution < -0.4 is 10.6 Å². The molecule has 0 radical (unpaired) electrons. The van der Waals surface area contributed by atoms with Gasteiger partial charge in [0, 0.05) is 6.42 Å². The van der Waals surface area contributed by atoms with Gasteiger partial charge in [-0.3, -0.25) is 19.8 Å². The number of amides is 4. The van der Waals surface area contributed by atoms with Gasteiger partial charge >= 0.3 is 12.2 Å². The molecule has 1 fully saturated rings. The molecule has 2 rings (SSSR count). The van der Waals surface area contributed by atoms with Crippen LogP contribution in [0.25, 0.3) is 0 Å². The Kier molecular flexibility index (Phi) is 5.29. The monoisotopic (exact) mass is 371 g/mol. The molecule has 0 bridgehead atoms. The van der Waals surface area contributed by atoms with Gasteiger partial charge in [0.15, 0.2) is 0 Å². The van der Waals surface area contributed by atoms with Gasteiger partial charge in [-0.1, -0.05) is 44.2 Å². The van der Waals surface area contributed by atoms with Crippen LogP contribution >= 0.6 is 0 Å². The zero-order valence-electron chi connectivity index (χ0n) is 14.6. The molecule has 1 heterocycles. The molecule has 0 aliphatic carbocycles. The van der Waals surface area contributed by atoms with Gasteiger partial charge in [0.2, 0.25) is 5.91 Å². The van der Waals surface area contributed by atoms with Gasteiger partial charge in [-0.2, -0.15) is 13.2 Å². The second-order valence-corrected chi connectivity index (χ2v) is 6.59. The third-order valence-corrected chi connectivity index (χ3v) is 4.07. The molecule has 2 N–H and O–H groups in total. The summed E-state index contributed by atoms with van der Waals surface area (Å²) in [5.41, 5.74) is -2.97. The molecule has 0 spiro atoms. The summed E-state index contributed by atoms with van der Waals surface area (Å²) in [4.78, 5) is 37.2. The van der Waals surface area contributed by atoms with Crippen molar-refractivity contribution in [2.45, 2.75) is 45.1 Å². The van der Waals surface area contributed by atoms with E-state index in [-0.39, 0.29) is 12.3 Å². The Balaban J connectivity index is 2.38. The smallest absolute Gasteiger partial charge is 0.318 e. The standard InChI is InChI=1S/C17H20F3N3O3/c1-10(2)9-13(24)21-16(17(18,19)20)14(25)23(15(26)22-16)11(3)12-7-5-4-6-8-12/h4-8,10-11H,9H2,1-3H3,(H,21,24)(H,22,26)/t11-,16-/m1/s1. The van der Waals surface area contributed by atoms with Crippen LogP contribution in [-0.2, 0) is 9.59 Å². The lowest BCUT2D eigenvalue weighted by atomic mass is 10.0. The largest absolute Gasteiger partial charge is 0.440 e. The predicted molar refractivity (Wildman–Crippen MR) is 86.6 cm³/mol. The van der Waals surface area contributed by atoms with Crippen molar-refractivity contribution in [1.82, 2.24) is 15.5 Å². The van der Waals surface area contributed by atoms with Crippen molar-refractivity contribution in [3.8, 4) is 0 Å². The van der Waals surface area contributed by atoms with Crippen LogP contribution in [0.15, 0.2) is 30.3 Å². The number of carbonyl (C=O) groups is 3. The summed E-state index contributed by atoms with van der Waals surface area (Å²) in [7, 11) is 0. The minimum Gasteiger partial charge on any atom is -0.318 e. The second-order valence-electron chi connectivity index (χ2n) is 6.59. The third kappa shape index (κ3) is 3.51. The van der Waals surface area contributed by atoms with Crippen molar-refractivity contribution >= 4 is 17.8 Å². The average Bonchev–Trinajstić information content (AvgIpc) is 2.78. The highest BCUT2D eigenvalue weighted by atomic mass is 19.4. The first-order chi connectivity index (χ1) is 12.0. The van der Waals surface area contributed by atoms with Crippen LogP contribution in [-0.4, -0.2) is 34.6 Å². The molecule has 142 valence electrons. The molecule has 0 saturated carbocycles. The van der Waals surface area contributed by atoms with Crippen molar-refractivity contribution in [1.29, 1.82) is 0 Å². The van der Waals surface area contributed by atoms with Gasteiger partial charge in [0.1, 0.15) is 0 Å². The van der Waals surface area contributed by atoms with Crippen molar-refractivity contribution in [2.75, 3.05) is 0 Å². The number of benzene rings is 1. The number of nitrogens with one attached hydrogen (secondary N) is 2. The molecule has 0 aromatic heterocycles. The summed E-state index contributed by atoms with van der Waals surface area (Å²) in [6, 6.07) is 6.03. The minimum atomic E-state index is -5.20. The number of hydrogen-bond acceptors (Lipinski definition) is 3. The van der Waals surface area contributed by atoms with E-state index in [2.05, 4.69) is 0 Å². The molecule has 26 heavy (non-hydrogen) atoms. The molecule has 6 nitrogen and oxygen atoms in total. The lowest BCUT2D eigenvalue weighted by Gasteiger charge is -2.31. The maximum Gasteiger partial charge on any atom is 0.440 e. The van der Waals surface area contributed by atoms with Gasteiger partial charge in [0.25, 0.3) is 11.6 Å². The van der Waals surface area contributed by atoms with E-state index in [1.54, 1.807) is 54.8 Å². The van der Waals surface area contributed by atoms with E-state index in [0.717, 1.165) is 0 Å². The molecule has 1 aromatic rings. The molecular formula is C17H20F3N3O3. The summed E-state index contributed by atoms with van der Waals surface area (Å²) < 4.78 is 41.1. The van der Waals surface area contributed by atoms with Crippen LogP contribution in [0, 0.1) is 5.92 Å². The number of halogens is 3. The first-order valence-electron chi connectivity index (χ1n) is 8.08. The summed E-state index contributed by atoms with van der Waals surface area (Å²) in [6.07, 6.45) is -5.41. The highest BCUT2D eigenvalue weighted by molar-refractivity contribution is 6.09. The van der Waals surface area contributed by atoms with Crippen LogP contribution in [0.1, 0.15) is 38.8 Å². The molecule has 1 aliphatic heterocycles. The molecule has 9 heteroatoms. The fourth-order valence-corrected chi connectivity index (χ4v) is 2.76. The van der Waals surface area contributed by atoms with Crippen LogP contribution in [0.2, 0.25) is 0 Å². The average molecular weight is 371 g/mol. The molecule has 1 saturated heterocycles. The Labute approximate surface area is 148 Å². The zero-order chi connectivity index (χ0) is 19.7. The zero-order valence-corrected chi connectivity index (χ0v) is 14.6. The Morgan fingerprint density at radius 3 is 2.27 bits per heavy atom. The normalized spacial score (nSPS) is 21.7. The Hall–Kier alpha value is -2.58. The molecule has 0 unspecified atom stereocenters. The highest BCUT2D eigenvalue weighted by Crippen LogP contribution is 2.37. The Morgan fingerprint density at radius 1 is 1.19 bits per heavy atom. The SMILES string of the molecule is CC(C)CC(=O)N[C@@]1(C(F)(F)F)NC(=O)N([C@H](C)c2ccccc2)C1=O. The fraction of sp³-hybridized carbons (Fsp3) is 0.471. The second kappa shape index (κ2) is 6.97. The molecule has 1 aliphatic rings. The first kappa shape index (κ1) is 19.7. The lowest BCUT2D eigenvalue weighted by Crippen LogP contribution is -2.69. The van der Waals surface area contributed by atoms with Crippen molar-refractivity contribution in [2.24, 2.45) is 5.92 Å². The van der Waals surface area contributed by atoms with Gasteiger partial charge in [-0.15, -0.1) is 0 Å². The maximum absolute atomic E-state index is 13.7. The Bertz CT molecular complexity index is 706. The number of alkyl halides is 3. The quantitative estimate of drug-likeness (QED) is 0.782. The van der Waals surface area contributed by atoms with Crippen molar-refractivity contribution in [3.63, 3.8) is 0 Å². The summed E-state index contributed by atoms with van der Waals surface area (Å²) in [6.45, 7) is 4.74. The van der Waals surface area contributed by atoms with E-state index in [4.69, 9.17) is 0 Å². The third-order valence-electron chi connectivity index (χ3n) is 4.07. The molecular weight excluding hydrogens is 351 g/mol. The maximum atomic E-state index is 13.7. The van der Waals surface area contributed by atoms with E-state index in [9.17, 15) is 27.6 Å². The number of carbonyl (C=O) groups excluding carboxylic acids is 3. The number of rotatable bonds is 5. The highest BCUT2D eigenvalue weighted by Gasteiger charge is 2.69. The fourth-order valence-electron chi connectivity index (χ4n) is 2.76. The first-order valence-corrected chi connectivity index (χ1v) is 8.08. The number of imide groups is 1. The Morgan fingerprint density at radius 2 is 1.77 bits per heavy atom. The van der Waals surface area contributed by atoms with Gasteiger partial charge < -0.3 is 5.32 Å². The van der Waals surface area contributed by atoms with E-state index in [1.165, 1.54) is 6.92 Å². The lowest BCUT2D eigenvalue weighted by molar-refractivity contribution is -0.204. The van der Waals surface area contributed by atoms with Crippen LogP contribution in [0.4, 0.5) is 18.0 Å². The number of hydrogen-bond donors (Lipinski definition) is 2. The number of nitrogens with zero attached hydrogens (tertiary/aromatic N) is 1. The van der Waals surface area contributed by atoms with E-state index in [0.29, 0.717) is 10.5 Å². The van der Waals surface area contributed by atoms with Gasteiger partial charge in [-0.25, -0.2) is 4.79 Å². The van der Waals surface area contributed by atoms with Crippen molar-refractivity contribution < 1.29 is 27.6 Å². The summed E-state index contributed by atoms with van der Waals surface area (Å²) in [5.74, 6) is -2.74. The van der Waals surface area contributed by atoms with E-state index >= 15 is 0 Å². The summed E-state index contributed by atoms with van der Waals surface area (Å²) in [5, 5.41) is 3.34.